The molecule has 2 aromatic rings. The third-order valence-corrected chi connectivity index (χ3v) is 8.12. The molecule has 0 bridgehead atoms. The van der Waals surface area contributed by atoms with Gasteiger partial charge in [0.05, 0.1) is 17.8 Å². The molecule has 2 fully saturated rings. The normalized spacial score (nSPS) is 23.6. The summed E-state index contributed by atoms with van der Waals surface area (Å²) in [6.07, 6.45) is -1.81. The Morgan fingerprint density at radius 1 is 1.00 bits per heavy atom. The van der Waals surface area contributed by atoms with E-state index in [2.05, 4.69) is 23.6 Å². The predicted octanol–water partition coefficient (Wildman–Crippen LogP) is 5.56. The average molecular weight is 570 g/mol. The molecule has 2 heterocycles. The highest BCUT2D eigenvalue weighted by Crippen LogP contribution is 2.33. The van der Waals surface area contributed by atoms with Crippen LogP contribution in [0.4, 0.5) is 13.2 Å². The molecule has 2 aromatic carbocycles. The highest BCUT2D eigenvalue weighted by atomic mass is 35.5. The van der Waals surface area contributed by atoms with E-state index in [1.165, 1.54) is 11.8 Å². The monoisotopic (exact) mass is 569 g/mol. The van der Waals surface area contributed by atoms with Crippen LogP contribution < -0.4 is 0 Å². The smallest absolute Gasteiger partial charge is 0.373 e. The number of carbonyl (C=O) groups excluding carboxylic acids is 1. The number of amides is 1. The number of piperazine rings is 1. The van der Waals surface area contributed by atoms with Gasteiger partial charge in [0.1, 0.15) is 0 Å². The van der Waals surface area contributed by atoms with Crippen LogP contribution in [0, 0.1) is 0 Å². The van der Waals surface area contributed by atoms with Crippen molar-refractivity contribution >= 4 is 29.3 Å². The fourth-order valence-corrected chi connectivity index (χ4v) is 5.99. The first-order valence-electron chi connectivity index (χ1n) is 12.9. The van der Waals surface area contributed by atoms with Crippen LogP contribution in [0.5, 0.6) is 0 Å². The van der Waals surface area contributed by atoms with Crippen molar-refractivity contribution in [1.82, 2.24) is 14.7 Å². The number of rotatable bonds is 7. The van der Waals surface area contributed by atoms with Crippen molar-refractivity contribution in [3.63, 3.8) is 0 Å². The van der Waals surface area contributed by atoms with Gasteiger partial charge in [-0.25, -0.2) is 0 Å². The number of thioether (sulfide) groups is 1. The van der Waals surface area contributed by atoms with E-state index in [0.717, 1.165) is 43.9 Å². The second kappa shape index (κ2) is 12.6. The standard InChI is InChI=1S/C28H35ClF3N3O2S/c1-19-16-34(17-20(2)37-19)9-8-33-10-11-35(25(18-33)12-21-4-6-24(29)7-5-21)27(36)22-13-23(28(30,31)32)15-26(14-22)38-3/h4-7,13-15,19-20,25H,8-12,16-18H2,1-3H3/t19-,20+,25?. The van der Waals surface area contributed by atoms with E-state index in [4.69, 9.17) is 16.3 Å². The van der Waals surface area contributed by atoms with Crippen LogP contribution in [0.15, 0.2) is 47.4 Å². The van der Waals surface area contributed by atoms with Crippen LogP contribution in [0.25, 0.3) is 0 Å². The number of hydrogen-bond acceptors (Lipinski definition) is 5. The number of nitrogens with zero attached hydrogens (tertiary/aromatic N) is 3. The van der Waals surface area contributed by atoms with Gasteiger partial charge >= 0.3 is 6.18 Å². The van der Waals surface area contributed by atoms with E-state index in [-0.39, 0.29) is 29.7 Å². The third kappa shape index (κ3) is 7.66. The molecule has 2 aliphatic rings. The molecule has 3 atom stereocenters. The second-order valence-electron chi connectivity index (χ2n) is 10.2. The van der Waals surface area contributed by atoms with E-state index in [0.29, 0.717) is 36.0 Å². The molecular weight excluding hydrogens is 535 g/mol. The first-order valence-corrected chi connectivity index (χ1v) is 14.5. The topological polar surface area (TPSA) is 36.0 Å². The van der Waals surface area contributed by atoms with Crippen molar-refractivity contribution in [2.45, 2.75) is 49.6 Å². The largest absolute Gasteiger partial charge is 0.416 e. The molecule has 208 valence electrons. The molecular formula is C28H35ClF3N3O2S. The van der Waals surface area contributed by atoms with Gasteiger partial charge in [0, 0.05) is 67.3 Å². The molecule has 0 N–H and O–H groups in total. The quantitative estimate of drug-likeness (QED) is 0.408. The molecule has 0 spiro atoms. The summed E-state index contributed by atoms with van der Waals surface area (Å²) < 4.78 is 46.5. The first-order chi connectivity index (χ1) is 18.0. The zero-order chi connectivity index (χ0) is 27.4. The number of benzene rings is 2. The lowest BCUT2D eigenvalue weighted by Gasteiger charge is -2.43. The summed E-state index contributed by atoms with van der Waals surface area (Å²) in [5, 5.41) is 0.634. The summed E-state index contributed by atoms with van der Waals surface area (Å²) in [4.78, 5) is 20.6. The Bertz CT molecular complexity index is 1090. The fourth-order valence-electron chi connectivity index (χ4n) is 5.38. The third-order valence-electron chi connectivity index (χ3n) is 7.16. The van der Waals surface area contributed by atoms with Crippen LogP contribution in [0.2, 0.25) is 5.02 Å². The Balaban J connectivity index is 1.52. The van der Waals surface area contributed by atoms with Gasteiger partial charge in [-0.2, -0.15) is 13.2 Å². The summed E-state index contributed by atoms with van der Waals surface area (Å²) in [6, 6.07) is 11.0. The van der Waals surface area contributed by atoms with Crippen molar-refractivity contribution in [3.8, 4) is 0 Å². The molecule has 0 aromatic heterocycles. The number of halogens is 4. The maximum atomic E-state index is 13.7. The average Bonchev–Trinajstić information content (AvgIpc) is 2.87. The predicted molar refractivity (Wildman–Crippen MR) is 146 cm³/mol. The minimum Gasteiger partial charge on any atom is -0.373 e. The number of hydrogen-bond donors (Lipinski definition) is 0. The van der Waals surface area contributed by atoms with E-state index in [1.807, 2.05) is 24.3 Å². The Morgan fingerprint density at radius 3 is 2.29 bits per heavy atom. The van der Waals surface area contributed by atoms with Crippen LogP contribution in [-0.4, -0.2) is 90.9 Å². The molecule has 2 aliphatic heterocycles. The number of morpholine rings is 1. The van der Waals surface area contributed by atoms with Crippen LogP contribution in [0.1, 0.15) is 35.3 Å². The van der Waals surface area contributed by atoms with Gasteiger partial charge < -0.3 is 9.64 Å². The Labute approximate surface area is 232 Å². The molecule has 5 nitrogen and oxygen atoms in total. The van der Waals surface area contributed by atoms with E-state index >= 15 is 0 Å². The van der Waals surface area contributed by atoms with E-state index < -0.39 is 11.7 Å². The molecule has 4 rings (SSSR count). The number of carbonyl (C=O) groups is 1. The van der Waals surface area contributed by atoms with Crippen molar-refractivity contribution in [2.75, 3.05) is 52.1 Å². The van der Waals surface area contributed by atoms with Gasteiger partial charge in [0.2, 0.25) is 0 Å². The Kier molecular flexibility index (Phi) is 9.68. The summed E-state index contributed by atoms with van der Waals surface area (Å²) in [7, 11) is 0. The molecule has 0 radical (unpaired) electrons. The summed E-state index contributed by atoms with van der Waals surface area (Å²) in [6.45, 7) is 9.51. The SMILES string of the molecule is CSc1cc(C(=O)N2CCN(CCN3C[C@@H](C)O[C@@H](C)C3)CC2Cc2ccc(Cl)cc2)cc(C(F)(F)F)c1. The van der Waals surface area contributed by atoms with E-state index in [9.17, 15) is 18.0 Å². The van der Waals surface area contributed by atoms with Gasteiger partial charge in [0.25, 0.3) is 5.91 Å². The van der Waals surface area contributed by atoms with Gasteiger partial charge in [-0.15, -0.1) is 11.8 Å². The lowest BCUT2D eigenvalue weighted by Crippen LogP contribution is -2.57. The zero-order valence-corrected chi connectivity index (χ0v) is 23.6. The number of alkyl halides is 3. The number of ether oxygens (including phenoxy) is 1. The van der Waals surface area contributed by atoms with E-state index in [1.54, 1.807) is 17.2 Å². The minimum atomic E-state index is -4.52. The molecule has 1 unspecified atom stereocenters. The van der Waals surface area contributed by atoms with Crippen molar-refractivity contribution in [3.05, 3.63) is 64.2 Å². The molecule has 1 amide bonds. The summed E-state index contributed by atoms with van der Waals surface area (Å²) >= 11 is 7.27. The van der Waals surface area contributed by atoms with Crippen LogP contribution in [0.3, 0.4) is 0 Å². The first kappa shape index (κ1) is 29.2. The highest BCUT2D eigenvalue weighted by Gasteiger charge is 2.35. The maximum Gasteiger partial charge on any atom is 0.416 e. The fraction of sp³-hybridized carbons (Fsp3) is 0.536. The zero-order valence-electron chi connectivity index (χ0n) is 22.0. The molecule has 38 heavy (non-hydrogen) atoms. The lowest BCUT2D eigenvalue weighted by atomic mass is 10.00. The molecule has 2 saturated heterocycles. The summed E-state index contributed by atoms with van der Waals surface area (Å²) in [5.74, 6) is -0.360. The summed E-state index contributed by atoms with van der Waals surface area (Å²) in [5.41, 5.74) is 0.313. The van der Waals surface area contributed by atoms with Crippen molar-refractivity contribution < 1.29 is 22.7 Å². The van der Waals surface area contributed by atoms with Crippen LogP contribution >= 0.6 is 23.4 Å². The van der Waals surface area contributed by atoms with Gasteiger partial charge in [0.15, 0.2) is 0 Å². The lowest BCUT2D eigenvalue weighted by molar-refractivity contribution is -0.137. The van der Waals surface area contributed by atoms with Crippen molar-refractivity contribution in [2.24, 2.45) is 0 Å². The molecule has 0 aliphatic carbocycles. The molecule has 10 heteroatoms. The Hall–Kier alpha value is -1.78. The van der Waals surface area contributed by atoms with Gasteiger partial charge in [-0.05, 0) is 62.4 Å². The van der Waals surface area contributed by atoms with Crippen molar-refractivity contribution in [1.29, 1.82) is 0 Å². The van der Waals surface area contributed by atoms with Gasteiger partial charge in [-0.3, -0.25) is 14.6 Å². The van der Waals surface area contributed by atoms with Crippen LogP contribution in [-0.2, 0) is 17.3 Å². The van der Waals surface area contributed by atoms with Gasteiger partial charge in [-0.1, -0.05) is 23.7 Å². The highest BCUT2D eigenvalue weighted by molar-refractivity contribution is 7.98. The maximum absolute atomic E-state index is 13.7. The Morgan fingerprint density at radius 2 is 1.66 bits per heavy atom. The second-order valence-corrected chi connectivity index (χ2v) is 11.6. The minimum absolute atomic E-state index is 0.0787. The molecule has 0 saturated carbocycles.